The molecule has 1 aliphatic rings. The van der Waals surface area contributed by atoms with Gasteiger partial charge in [-0.3, -0.25) is 19.4 Å². The molecule has 0 saturated heterocycles. The molecule has 1 amide bonds. The van der Waals surface area contributed by atoms with E-state index in [-0.39, 0.29) is 29.4 Å². The van der Waals surface area contributed by atoms with Gasteiger partial charge < -0.3 is 16.0 Å². The molecule has 3 N–H and O–H groups in total. The number of anilines is 3. The number of pyridine rings is 1. The first-order valence-corrected chi connectivity index (χ1v) is 12.3. The van der Waals surface area contributed by atoms with E-state index in [1.165, 1.54) is 12.8 Å². The highest BCUT2D eigenvalue weighted by molar-refractivity contribution is 5.94. The number of amides is 1. The molecule has 1 aliphatic carbocycles. The predicted molar refractivity (Wildman–Crippen MR) is 143 cm³/mol. The summed E-state index contributed by atoms with van der Waals surface area (Å²) in [5.41, 5.74) is 3.27. The maximum absolute atomic E-state index is 12.5. The predicted octanol–water partition coefficient (Wildman–Crippen LogP) is 4.93. The van der Waals surface area contributed by atoms with Crippen molar-refractivity contribution in [1.29, 1.82) is 0 Å². The van der Waals surface area contributed by atoms with E-state index in [0.29, 0.717) is 16.9 Å². The maximum Gasteiger partial charge on any atom is 0.253 e. The van der Waals surface area contributed by atoms with Crippen LogP contribution in [0.15, 0.2) is 82.5 Å². The minimum Gasteiger partial charge on any atom is -0.373 e. The van der Waals surface area contributed by atoms with Crippen LogP contribution in [0.1, 0.15) is 54.6 Å². The van der Waals surface area contributed by atoms with Crippen LogP contribution < -0.4 is 26.8 Å². The third kappa shape index (κ3) is 4.91. The number of hydrogen-bond donors (Lipinski definition) is 3. The molecule has 0 spiro atoms. The first-order valence-electron chi connectivity index (χ1n) is 12.3. The minimum absolute atomic E-state index is 0.0540. The van der Waals surface area contributed by atoms with Gasteiger partial charge in [-0.2, -0.15) is 0 Å². The topological polar surface area (TPSA) is 100 Å². The van der Waals surface area contributed by atoms with Crippen LogP contribution in [0.4, 0.5) is 17.1 Å². The molecule has 1 aromatic heterocycles. The molecule has 4 aromatic rings. The summed E-state index contributed by atoms with van der Waals surface area (Å²) >= 11 is 0. The van der Waals surface area contributed by atoms with Crippen LogP contribution in [-0.2, 0) is 0 Å². The van der Waals surface area contributed by atoms with Crippen molar-refractivity contribution in [1.82, 2.24) is 10.3 Å². The van der Waals surface area contributed by atoms with Crippen molar-refractivity contribution in [2.75, 3.05) is 10.6 Å². The quantitative estimate of drug-likeness (QED) is 0.309. The van der Waals surface area contributed by atoms with E-state index in [1.807, 2.05) is 55.5 Å². The number of rotatable bonds is 8. The van der Waals surface area contributed by atoms with Crippen LogP contribution in [-0.4, -0.2) is 16.9 Å². The molecule has 1 saturated carbocycles. The Morgan fingerprint density at radius 3 is 2.33 bits per heavy atom. The van der Waals surface area contributed by atoms with Gasteiger partial charge >= 0.3 is 0 Å². The Kier molecular flexibility index (Phi) is 6.62. The Bertz CT molecular complexity index is 1430. The van der Waals surface area contributed by atoms with E-state index >= 15 is 0 Å². The van der Waals surface area contributed by atoms with E-state index < -0.39 is 10.9 Å². The number of carbonyl (C=O) groups excluding carboxylic acids is 1. The summed E-state index contributed by atoms with van der Waals surface area (Å²) in [7, 11) is 0. The Balaban J connectivity index is 1.29. The molecule has 182 valence electrons. The van der Waals surface area contributed by atoms with Gasteiger partial charge in [0, 0.05) is 35.1 Å². The van der Waals surface area contributed by atoms with Gasteiger partial charge in [-0.1, -0.05) is 55.3 Å². The fourth-order valence-corrected chi connectivity index (χ4v) is 4.63. The zero-order valence-electron chi connectivity index (χ0n) is 20.1. The lowest BCUT2D eigenvalue weighted by molar-refractivity contribution is 0.0938. The van der Waals surface area contributed by atoms with Gasteiger partial charge in [-0.05, 0) is 49.6 Å². The molecular formula is C29H28N4O3. The number of hydrogen-bond acceptors (Lipinski definition) is 6. The Hall–Kier alpha value is -4.26. The van der Waals surface area contributed by atoms with Crippen molar-refractivity contribution in [3.05, 3.63) is 105 Å². The Morgan fingerprint density at radius 1 is 0.917 bits per heavy atom. The minimum atomic E-state index is -0.547. The fraction of sp³-hybridized carbons (Fsp3) is 0.241. The molecule has 7 nitrogen and oxygen atoms in total. The lowest BCUT2D eigenvalue weighted by atomic mass is 10.1. The van der Waals surface area contributed by atoms with E-state index in [1.54, 1.807) is 24.4 Å². The van der Waals surface area contributed by atoms with Crippen molar-refractivity contribution >= 4 is 23.0 Å². The van der Waals surface area contributed by atoms with Crippen LogP contribution in [0.5, 0.6) is 0 Å². The van der Waals surface area contributed by atoms with Crippen LogP contribution in [0.25, 0.3) is 11.3 Å². The lowest BCUT2D eigenvalue weighted by Crippen LogP contribution is -2.37. The van der Waals surface area contributed by atoms with Crippen LogP contribution in [0.3, 0.4) is 0 Å². The third-order valence-corrected chi connectivity index (χ3v) is 6.73. The van der Waals surface area contributed by atoms with E-state index in [2.05, 4.69) is 20.9 Å². The molecular weight excluding hydrogens is 452 g/mol. The molecule has 7 heteroatoms. The van der Waals surface area contributed by atoms with Gasteiger partial charge in [0.2, 0.25) is 0 Å². The van der Waals surface area contributed by atoms with Gasteiger partial charge in [-0.15, -0.1) is 0 Å². The SMILES string of the molecule is C[C@@H](Nc1c(Nc2ccnc(-c3ccc(C(=O)NC4CCCC4)cc3)c2)c(=O)c1=O)c1ccccc1. The van der Waals surface area contributed by atoms with Gasteiger partial charge in [-0.25, -0.2) is 0 Å². The van der Waals surface area contributed by atoms with Gasteiger partial charge in [0.25, 0.3) is 16.8 Å². The standard InChI is InChI=1S/C29H28N4O3/c1-18(19-7-3-2-4-8-19)31-25-26(28(35)27(25)34)32-23-15-16-30-24(17-23)20-11-13-21(14-12-20)29(36)33-22-9-5-6-10-22/h2-4,7-8,11-18,22,31H,5-6,9-10H2,1H3,(H,30,32)(H,33,36)/t18-/m1/s1. The normalized spacial score (nSPS) is 14.5. The summed E-state index contributed by atoms with van der Waals surface area (Å²) in [6, 6.07) is 20.7. The van der Waals surface area contributed by atoms with Crippen molar-refractivity contribution in [2.24, 2.45) is 0 Å². The van der Waals surface area contributed by atoms with Crippen LogP contribution in [0, 0.1) is 0 Å². The summed E-state index contributed by atoms with van der Waals surface area (Å²) in [5.74, 6) is -0.0540. The first-order chi connectivity index (χ1) is 17.5. The lowest BCUT2D eigenvalue weighted by Gasteiger charge is -2.20. The molecule has 1 heterocycles. The van der Waals surface area contributed by atoms with E-state index in [4.69, 9.17) is 0 Å². The first kappa shape index (κ1) is 23.5. The van der Waals surface area contributed by atoms with Gasteiger partial charge in [0.05, 0.1) is 5.69 Å². The summed E-state index contributed by atoms with van der Waals surface area (Å²) < 4.78 is 0. The largest absolute Gasteiger partial charge is 0.373 e. The van der Waals surface area contributed by atoms with Crippen molar-refractivity contribution in [3.63, 3.8) is 0 Å². The molecule has 1 fully saturated rings. The average molecular weight is 481 g/mol. The third-order valence-electron chi connectivity index (χ3n) is 6.73. The Morgan fingerprint density at radius 2 is 1.61 bits per heavy atom. The highest BCUT2D eigenvalue weighted by Crippen LogP contribution is 2.27. The number of carbonyl (C=O) groups is 1. The molecule has 1 atom stereocenters. The molecule has 0 unspecified atom stereocenters. The smallest absolute Gasteiger partial charge is 0.253 e. The van der Waals surface area contributed by atoms with Crippen LogP contribution in [0.2, 0.25) is 0 Å². The molecule has 36 heavy (non-hydrogen) atoms. The monoisotopic (exact) mass is 480 g/mol. The van der Waals surface area contributed by atoms with Gasteiger partial charge in [0.15, 0.2) is 0 Å². The maximum atomic E-state index is 12.5. The van der Waals surface area contributed by atoms with Crippen molar-refractivity contribution < 1.29 is 4.79 Å². The second kappa shape index (κ2) is 10.2. The van der Waals surface area contributed by atoms with E-state index in [9.17, 15) is 14.4 Å². The summed E-state index contributed by atoms with van der Waals surface area (Å²) in [5, 5.41) is 9.35. The summed E-state index contributed by atoms with van der Waals surface area (Å²) in [6.45, 7) is 1.94. The molecule has 0 aliphatic heterocycles. The zero-order chi connectivity index (χ0) is 25.1. The van der Waals surface area contributed by atoms with E-state index in [0.717, 1.165) is 24.0 Å². The molecule has 0 radical (unpaired) electrons. The Labute approximate surface area is 209 Å². The highest BCUT2D eigenvalue weighted by atomic mass is 16.2. The molecule has 3 aromatic carbocycles. The average Bonchev–Trinajstić information content (AvgIpc) is 3.44. The van der Waals surface area contributed by atoms with Crippen molar-refractivity contribution in [2.45, 2.75) is 44.7 Å². The summed E-state index contributed by atoms with van der Waals surface area (Å²) in [6.07, 6.45) is 6.06. The second-order valence-electron chi connectivity index (χ2n) is 9.27. The summed E-state index contributed by atoms with van der Waals surface area (Å²) in [4.78, 5) is 41.5. The van der Waals surface area contributed by atoms with Crippen molar-refractivity contribution in [3.8, 4) is 11.3 Å². The van der Waals surface area contributed by atoms with Gasteiger partial charge in [0.1, 0.15) is 11.4 Å². The number of aromatic nitrogens is 1. The zero-order valence-corrected chi connectivity index (χ0v) is 20.1. The fourth-order valence-electron chi connectivity index (χ4n) is 4.63. The number of benzene rings is 2. The molecule has 0 bridgehead atoms. The number of nitrogens with zero attached hydrogens (tertiary/aromatic N) is 1. The highest BCUT2D eigenvalue weighted by Gasteiger charge is 2.23. The molecule has 5 rings (SSSR count). The number of nitrogens with one attached hydrogen (secondary N) is 3. The second-order valence-corrected chi connectivity index (χ2v) is 9.27. The van der Waals surface area contributed by atoms with Crippen LogP contribution >= 0.6 is 0 Å².